The van der Waals surface area contributed by atoms with Crippen LogP contribution in [0.15, 0.2) is 59.8 Å². The summed E-state index contributed by atoms with van der Waals surface area (Å²) in [5.74, 6) is -0.207. The number of carbonyl (C=O) groups excluding carboxylic acids is 2. The van der Waals surface area contributed by atoms with Crippen molar-refractivity contribution in [1.29, 1.82) is 0 Å². The Balaban J connectivity index is 1.46. The molecule has 0 saturated heterocycles. The average Bonchev–Trinajstić information content (AvgIpc) is 3.34. The molecule has 0 bridgehead atoms. The third-order valence-corrected chi connectivity index (χ3v) is 5.76. The van der Waals surface area contributed by atoms with Crippen molar-refractivity contribution in [1.82, 2.24) is 20.2 Å². The average molecular weight is 395 g/mol. The number of hydrogen-bond acceptors (Lipinski definition) is 4. The van der Waals surface area contributed by atoms with Crippen molar-refractivity contribution >= 4 is 34.7 Å². The van der Waals surface area contributed by atoms with Crippen LogP contribution in [-0.2, 0) is 4.79 Å². The maximum atomic E-state index is 12.2. The highest BCUT2D eigenvalue weighted by atomic mass is 32.2. The molecule has 1 aromatic heterocycles. The molecular formula is C21H22N4O2S. The van der Waals surface area contributed by atoms with Crippen molar-refractivity contribution in [2.75, 3.05) is 5.75 Å². The van der Waals surface area contributed by atoms with Gasteiger partial charge in [-0.2, -0.15) is 0 Å². The molecule has 3 aromatic rings. The van der Waals surface area contributed by atoms with E-state index in [2.05, 4.69) is 15.6 Å². The van der Waals surface area contributed by atoms with Crippen LogP contribution in [0.4, 0.5) is 4.79 Å². The van der Waals surface area contributed by atoms with Gasteiger partial charge in [-0.15, -0.1) is 0 Å². The van der Waals surface area contributed by atoms with Crippen LogP contribution >= 0.6 is 11.8 Å². The van der Waals surface area contributed by atoms with E-state index < -0.39 is 6.03 Å². The number of amides is 3. The van der Waals surface area contributed by atoms with Crippen LogP contribution in [0.2, 0.25) is 0 Å². The second-order valence-electron chi connectivity index (χ2n) is 6.85. The van der Waals surface area contributed by atoms with Gasteiger partial charge >= 0.3 is 6.03 Å². The molecule has 1 saturated carbocycles. The molecule has 2 aromatic carbocycles. The number of hydrogen-bond donors (Lipinski definition) is 2. The maximum Gasteiger partial charge on any atom is 0.321 e. The molecule has 144 valence electrons. The van der Waals surface area contributed by atoms with Crippen molar-refractivity contribution in [2.24, 2.45) is 0 Å². The molecule has 4 rings (SSSR count). The van der Waals surface area contributed by atoms with Crippen molar-refractivity contribution in [3.63, 3.8) is 0 Å². The van der Waals surface area contributed by atoms with E-state index in [0.717, 1.165) is 47.6 Å². The maximum absolute atomic E-state index is 12.2. The molecule has 7 heteroatoms. The van der Waals surface area contributed by atoms with Gasteiger partial charge in [-0.3, -0.25) is 14.7 Å². The van der Waals surface area contributed by atoms with E-state index >= 15 is 0 Å². The summed E-state index contributed by atoms with van der Waals surface area (Å²) in [5, 5.41) is 6.01. The molecule has 6 nitrogen and oxygen atoms in total. The molecule has 0 aliphatic heterocycles. The Morgan fingerprint density at radius 3 is 2.54 bits per heavy atom. The van der Waals surface area contributed by atoms with Gasteiger partial charge in [0.15, 0.2) is 5.16 Å². The minimum atomic E-state index is -0.408. The number of fused-ring (bicyclic) bond motifs is 1. The second kappa shape index (κ2) is 8.48. The fourth-order valence-corrected chi connectivity index (χ4v) is 4.34. The van der Waals surface area contributed by atoms with Gasteiger partial charge in [0.25, 0.3) is 0 Å². The van der Waals surface area contributed by atoms with E-state index in [1.807, 2.05) is 59.2 Å². The zero-order chi connectivity index (χ0) is 19.3. The summed E-state index contributed by atoms with van der Waals surface area (Å²) in [5.41, 5.74) is 2.84. The second-order valence-corrected chi connectivity index (χ2v) is 7.79. The molecule has 0 radical (unpaired) electrons. The SMILES string of the molecule is O=C(CSc1nc2ccccc2n1-c1ccccc1)NC(=O)NC1CCCC1. The van der Waals surface area contributed by atoms with Crippen molar-refractivity contribution < 1.29 is 9.59 Å². The molecule has 1 aliphatic carbocycles. The highest BCUT2D eigenvalue weighted by molar-refractivity contribution is 7.99. The molecule has 1 heterocycles. The van der Waals surface area contributed by atoms with E-state index in [9.17, 15) is 9.59 Å². The van der Waals surface area contributed by atoms with Crippen LogP contribution in [0.1, 0.15) is 25.7 Å². The van der Waals surface area contributed by atoms with E-state index in [1.165, 1.54) is 11.8 Å². The van der Waals surface area contributed by atoms with E-state index in [0.29, 0.717) is 0 Å². The number of aromatic nitrogens is 2. The van der Waals surface area contributed by atoms with E-state index in [1.54, 1.807) is 0 Å². The number of benzene rings is 2. The van der Waals surface area contributed by atoms with Gasteiger partial charge in [-0.25, -0.2) is 9.78 Å². The third kappa shape index (κ3) is 4.20. The molecule has 1 aliphatic rings. The van der Waals surface area contributed by atoms with Gasteiger partial charge in [0.2, 0.25) is 5.91 Å². The van der Waals surface area contributed by atoms with Crippen LogP contribution in [0, 0.1) is 0 Å². The molecule has 2 N–H and O–H groups in total. The summed E-state index contributed by atoms with van der Waals surface area (Å²) < 4.78 is 2.03. The number of urea groups is 1. The van der Waals surface area contributed by atoms with Gasteiger partial charge in [0.1, 0.15) is 0 Å². The number of para-hydroxylation sites is 3. The topological polar surface area (TPSA) is 76.0 Å². The van der Waals surface area contributed by atoms with Crippen molar-refractivity contribution in [2.45, 2.75) is 36.9 Å². The fourth-order valence-electron chi connectivity index (χ4n) is 3.51. The zero-order valence-electron chi connectivity index (χ0n) is 15.4. The molecule has 3 amide bonds. The summed E-state index contributed by atoms with van der Waals surface area (Å²) in [7, 11) is 0. The molecule has 0 spiro atoms. The van der Waals surface area contributed by atoms with Gasteiger partial charge in [0.05, 0.1) is 16.8 Å². The van der Waals surface area contributed by atoms with Crippen LogP contribution < -0.4 is 10.6 Å². The predicted molar refractivity (Wildman–Crippen MR) is 111 cm³/mol. The third-order valence-electron chi connectivity index (χ3n) is 4.82. The molecule has 0 atom stereocenters. The Kier molecular flexibility index (Phi) is 5.62. The summed E-state index contributed by atoms with van der Waals surface area (Å²) in [4.78, 5) is 28.9. The Morgan fingerprint density at radius 1 is 1.04 bits per heavy atom. The van der Waals surface area contributed by atoms with Gasteiger partial charge < -0.3 is 5.32 Å². The highest BCUT2D eigenvalue weighted by Gasteiger charge is 2.19. The quantitative estimate of drug-likeness (QED) is 0.644. The first-order valence-corrected chi connectivity index (χ1v) is 10.5. The Hall–Kier alpha value is -2.80. The Morgan fingerprint density at radius 2 is 1.75 bits per heavy atom. The van der Waals surface area contributed by atoms with Crippen LogP contribution in [0.5, 0.6) is 0 Å². The summed E-state index contributed by atoms with van der Waals surface area (Å²) >= 11 is 1.32. The minimum absolute atomic E-state index is 0.119. The lowest BCUT2D eigenvalue weighted by Crippen LogP contribution is -2.44. The van der Waals surface area contributed by atoms with E-state index in [-0.39, 0.29) is 17.7 Å². The minimum Gasteiger partial charge on any atom is -0.335 e. The number of carbonyl (C=O) groups is 2. The number of thioether (sulfide) groups is 1. The number of nitrogens with zero attached hydrogens (tertiary/aromatic N) is 2. The largest absolute Gasteiger partial charge is 0.335 e. The lowest BCUT2D eigenvalue weighted by molar-refractivity contribution is -0.117. The first-order valence-electron chi connectivity index (χ1n) is 9.47. The summed E-state index contributed by atoms with van der Waals surface area (Å²) in [6.07, 6.45) is 4.23. The lowest BCUT2D eigenvalue weighted by atomic mass is 10.2. The Labute approximate surface area is 167 Å². The molecule has 28 heavy (non-hydrogen) atoms. The van der Waals surface area contributed by atoms with Gasteiger partial charge in [-0.1, -0.05) is 54.9 Å². The first kappa shape index (κ1) is 18.6. The monoisotopic (exact) mass is 394 g/mol. The first-order chi connectivity index (χ1) is 13.7. The van der Waals surface area contributed by atoms with Crippen LogP contribution in [0.25, 0.3) is 16.7 Å². The standard InChI is InChI=1S/C21H22N4O2S/c26-19(24-20(27)22-15-8-4-5-9-15)14-28-21-23-17-12-6-7-13-18(17)25(21)16-10-2-1-3-11-16/h1-3,6-7,10-13,15H,4-5,8-9,14H2,(H2,22,24,26,27). The number of imidazole rings is 1. The Bertz CT molecular complexity index is 980. The normalized spacial score (nSPS) is 14.3. The van der Waals surface area contributed by atoms with Crippen molar-refractivity contribution in [3.8, 4) is 5.69 Å². The molecule has 0 unspecified atom stereocenters. The smallest absolute Gasteiger partial charge is 0.321 e. The molecule has 1 fully saturated rings. The van der Waals surface area contributed by atoms with Gasteiger partial charge in [0, 0.05) is 11.7 Å². The number of nitrogens with one attached hydrogen (secondary N) is 2. The summed E-state index contributed by atoms with van der Waals surface area (Å²) in [6, 6.07) is 17.6. The summed E-state index contributed by atoms with van der Waals surface area (Å²) in [6.45, 7) is 0. The van der Waals surface area contributed by atoms with E-state index in [4.69, 9.17) is 0 Å². The highest BCUT2D eigenvalue weighted by Crippen LogP contribution is 2.27. The predicted octanol–water partition coefficient (Wildman–Crippen LogP) is 3.89. The number of rotatable bonds is 5. The fraction of sp³-hybridized carbons (Fsp3) is 0.286. The van der Waals surface area contributed by atoms with Gasteiger partial charge in [-0.05, 0) is 37.1 Å². The van der Waals surface area contributed by atoms with Crippen LogP contribution in [0.3, 0.4) is 0 Å². The molecular weight excluding hydrogens is 372 g/mol. The van der Waals surface area contributed by atoms with Crippen molar-refractivity contribution in [3.05, 3.63) is 54.6 Å². The number of imide groups is 1. The zero-order valence-corrected chi connectivity index (χ0v) is 16.2. The van der Waals surface area contributed by atoms with Crippen LogP contribution in [-0.4, -0.2) is 33.3 Å². The lowest BCUT2D eigenvalue weighted by Gasteiger charge is -2.12.